The minimum absolute atomic E-state index is 0.00253. The van der Waals surface area contributed by atoms with E-state index in [4.69, 9.17) is 0 Å². The number of carboxylic acid groups (broad SMARTS) is 1. The molecule has 1 aliphatic carbocycles. The van der Waals surface area contributed by atoms with Crippen LogP contribution in [0, 0.1) is 0 Å². The van der Waals surface area contributed by atoms with Crippen molar-refractivity contribution in [3.05, 3.63) is 60.2 Å². The molecule has 0 heterocycles. The van der Waals surface area contributed by atoms with Gasteiger partial charge in [-0.2, -0.15) is 0 Å². The zero-order valence-electron chi connectivity index (χ0n) is 14.2. The number of aromatic carboxylic acids is 1. The summed E-state index contributed by atoms with van der Waals surface area (Å²) in [4.78, 5) is 12.4. The van der Waals surface area contributed by atoms with Crippen LogP contribution in [-0.2, 0) is 10.0 Å². The number of sulfonamides is 1. The van der Waals surface area contributed by atoms with Crippen molar-refractivity contribution in [1.29, 1.82) is 0 Å². The average molecular weight is 392 g/mol. The number of hydrogen-bond acceptors (Lipinski definition) is 4. The summed E-state index contributed by atoms with van der Waals surface area (Å²) in [7, 11) is -3.59. The van der Waals surface area contributed by atoms with Gasteiger partial charge in [0.1, 0.15) is 0 Å². The Kier molecular flexibility index (Phi) is 6.01. The van der Waals surface area contributed by atoms with Crippen LogP contribution in [0.25, 0.3) is 0 Å². The van der Waals surface area contributed by atoms with Crippen molar-refractivity contribution < 1.29 is 18.3 Å². The zero-order valence-corrected chi connectivity index (χ0v) is 15.8. The van der Waals surface area contributed by atoms with E-state index in [-0.39, 0.29) is 21.8 Å². The van der Waals surface area contributed by atoms with Gasteiger partial charge in [0.25, 0.3) is 0 Å². The summed E-state index contributed by atoms with van der Waals surface area (Å²) in [6, 6.07) is 15.0. The van der Waals surface area contributed by atoms with E-state index in [1.807, 2.05) is 0 Å². The van der Waals surface area contributed by atoms with Gasteiger partial charge < -0.3 is 5.11 Å². The molecule has 2 aromatic rings. The highest BCUT2D eigenvalue weighted by Gasteiger charge is 2.31. The topological polar surface area (TPSA) is 83.5 Å². The molecule has 5 nitrogen and oxygen atoms in total. The molecule has 0 amide bonds. The number of carbonyl (C=O) groups is 1. The molecule has 0 saturated heterocycles. The molecule has 2 unspecified atom stereocenters. The first-order valence-electron chi connectivity index (χ1n) is 8.54. The fourth-order valence-electron chi connectivity index (χ4n) is 3.15. The maximum Gasteiger partial charge on any atom is 0.336 e. The van der Waals surface area contributed by atoms with Crippen LogP contribution in [0.3, 0.4) is 0 Å². The normalized spacial score (nSPS) is 20.6. The fourth-order valence-corrected chi connectivity index (χ4v) is 5.99. The Hall–Kier alpha value is -1.83. The second-order valence-corrected chi connectivity index (χ2v) is 9.28. The highest BCUT2D eigenvalue weighted by Crippen LogP contribution is 2.36. The van der Waals surface area contributed by atoms with E-state index in [0.29, 0.717) is 4.90 Å². The van der Waals surface area contributed by atoms with E-state index >= 15 is 0 Å². The third kappa shape index (κ3) is 4.47. The SMILES string of the molecule is O=C(O)c1ccccc1SC1CCCCC1NS(=O)(=O)c1ccccc1. The third-order valence-electron chi connectivity index (χ3n) is 4.46. The molecule has 0 radical (unpaired) electrons. The molecular formula is C19H21NO4S2. The lowest BCUT2D eigenvalue weighted by molar-refractivity contribution is 0.0693. The second-order valence-electron chi connectivity index (χ2n) is 6.28. The van der Waals surface area contributed by atoms with Gasteiger partial charge in [0, 0.05) is 16.2 Å². The largest absolute Gasteiger partial charge is 0.478 e. The summed E-state index contributed by atoms with van der Waals surface area (Å²) in [5.74, 6) is -0.967. The van der Waals surface area contributed by atoms with Gasteiger partial charge in [-0.25, -0.2) is 17.9 Å². The van der Waals surface area contributed by atoms with Gasteiger partial charge in [-0.15, -0.1) is 11.8 Å². The third-order valence-corrected chi connectivity index (χ3v) is 7.44. The molecule has 0 aromatic heterocycles. The van der Waals surface area contributed by atoms with E-state index in [0.717, 1.165) is 25.7 Å². The summed E-state index contributed by atoms with van der Waals surface area (Å²) in [6.45, 7) is 0. The molecule has 2 aromatic carbocycles. The summed E-state index contributed by atoms with van der Waals surface area (Å²) in [6.07, 6.45) is 3.57. The molecule has 138 valence electrons. The molecule has 7 heteroatoms. The highest BCUT2D eigenvalue weighted by atomic mass is 32.2. The number of thioether (sulfide) groups is 1. The molecule has 0 aliphatic heterocycles. The van der Waals surface area contributed by atoms with Crippen molar-refractivity contribution in [2.75, 3.05) is 0 Å². The lowest BCUT2D eigenvalue weighted by Gasteiger charge is -2.31. The van der Waals surface area contributed by atoms with Crippen molar-refractivity contribution in [2.24, 2.45) is 0 Å². The Bertz CT molecular complexity index is 868. The molecule has 1 saturated carbocycles. The van der Waals surface area contributed by atoms with Crippen molar-refractivity contribution in [1.82, 2.24) is 4.72 Å². The summed E-state index contributed by atoms with van der Waals surface area (Å²) >= 11 is 1.46. The van der Waals surface area contributed by atoms with Crippen molar-refractivity contribution >= 4 is 27.8 Å². The molecule has 0 bridgehead atoms. The van der Waals surface area contributed by atoms with Crippen LogP contribution < -0.4 is 4.72 Å². The second kappa shape index (κ2) is 8.24. The molecule has 2 atom stereocenters. The Balaban J connectivity index is 1.80. The number of rotatable bonds is 6. The number of carboxylic acids is 1. The van der Waals surface area contributed by atoms with E-state index in [1.54, 1.807) is 54.6 Å². The van der Waals surface area contributed by atoms with Crippen LogP contribution in [0.5, 0.6) is 0 Å². The fraction of sp³-hybridized carbons (Fsp3) is 0.316. The number of nitrogens with one attached hydrogen (secondary N) is 1. The van der Waals surface area contributed by atoms with Gasteiger partial charge in [-0.1, -0.05) is 43.2 Å². The highest BCUT2D eigenvalue weighted by molar-refractivity contribution is 8.00. The molecule has 3 rings (SSSR count). The van der Waals surface area contributed by atoms with E-state index < -0.39 is 16.0 Å². The molecular weight excluding hydrogens is 370 g/mol. The quantitative estimate of drug-likeness (QED) is 0.783. The van der Waals surface area contributed by atoms with Gasteiger partial charge in [-0.3, -0.25) is 0 Å². The molecule has 1 aliphatic rings. The standard InChI is InChI=1S/C19H21NO4S2/c21-19(22)15-10-4-6-12-17(15)25-18-13-7-5-11-16(18)20-26(23,24)14-8-2-1-3-9-14/h1-4,6,8-10,12,16,18,20H,5,7,11,13H2,(H,21,22). The van der Waals surface area contributed by atoms with Crippen molar-refractivity contribution in [3.63, 3.8) is 0 Å². The predicted octanol–water partition coefficient (Wildman–Crippen LogP) is 3.77. The number of hydrogen-bond donors (Lipinski definition) is 2. The van der Waals surface area contributed by atoms with E-state index in [9.17, 15) is 18.3 Å². The average Bonchev–Trinajstić information content (AvgIpc) is 2.64. The smallest absolute Gasteiger partial charge is 0.336 e. The predicted molar refractivity (Wildman–Crippen MR) is 102 cm³/mol. The van der Waals surface area contributed by atoms with Crippen LogP contribution in [0.15, 0.2) is 64.4 Å². The van der Waals surface area contributed by atoms with Crippen LogP contribution in [-0.4, -0.2) is 30.8 Å². The lowest BCUT2D eigenvalue weighted by Crippen LogP contribution is -2.43. The monoisotopic (exact) mass is 391 g/mol. The zero-order chi connectivity index (χ0) is 18.6. The lowest BCUT2D eigenvalue weighted by atomic mass is 9.96. The van der Waals surface area contributed by atoms with Gasteiger partial charge in [0.15, 0.2) is 0 Å². The van der Waals surface area contributed by atoms with Crippen molar-refractivity contribution in [3.8, 4) is 0 Å². The Labute approximate surface area is 157 Å². The van der Waals surface area contributed by atoms with Crippen LogP contribution >= 0.6 is 11.8 Å². The first-order valence-corrected chi connectivity index (χ1v) is 10.9. The van der Waals surface area contributed by atoms with Crippen LogP contribution in [0.4, 0.5) is 0 Å². The minimum atomic E-state index is -3.59. The van der Waals surface area contributed by atoms with Gasteiger partial charge in [-0.05, 0) is 37.1 Å². The van der Waals surface area contributed by atoms with Gasteiger partial charge in [0.05, 0.1) is 10.5 Å². The molecule has 26 heavy (non-hydrogen) atoms. The number of benzene rings is 2. The van der Waals surface area contributed by atoms with Crippen molar-refractivity contribution in [2.45, 2.75) is 46.8 Å². The molecule has 0 spiro atoms. The maximum absolute atomic E-state index is 12.7. The molecule has 1 fully saturated rings. The summed E-state index contributed by atoms with van der Waals surface area (Å²) in [5.41, 5.74) is 0.257. The van der Waals surface area contributed by atoms with E-state index in [1.165, 1.54) is 11.8 Å². The first-order chi connectivity index (χ1) is 12.5. The Morgan fingerprint density at radius 1 is 1.00 bits per heavy atom. The van der Waals surface area contributed by atoms with E-state index in [2.05, 4.69) is 4.72 Å². The Morgan fingerprint density at radius 3 is 2.38 bits per heavy atom. The first kappa shape index (κ1) is 18.9. The van der Waals surface area contributed by atoms with Gasteiger partial charge >= 0.3 is 5.97 Å². The molecule has 2 N–H and O–H groups in total. The Morgan fingerprint density at radius 2 is 1.65 bits per heavy atom. The van der Waals surface area contributed by atoms with Crippen LogP contribution in [0.1, 0.15) is 36.0 Å². The summed E-state index contributed by atoms with van der Waals surface area (Å²) < 4.78 is 28.2. The van der Waals surface area contributed by atoms with Crippen LogP contribution in [0.2, 0.25) is 0 Å². The van der Waals surface area contributed by atoms with Gasteiger partial charge in [0.2, 0.25) is 10.0 Å². The maximum atomic E-state index is 12.7. The summed E-state index contributed by atoms with van der Waals surface area (Å²) in [5, 5.41) is 9.37. The minimum Gasteiger partial charge on any atom is -0.478 e.